The summed E-state index contributed by atoms with van der Waals surface area (Å²) in [7, 11) is -3.02. The SMILES string of the molecule is Cc1cnc(-c2ccnc(C3CCS(=O)(=O)CC3)n2)cc1-n1c(C)cc(OCc2ncc(F)cc2F)c(Cl)c1=O. The molecule has 4 aromatic heterocycles. The number of rotatable bonds is 6. The van der Waals surface area contributed by atoms with Crippen molar-refractivity contribution >= 4 is 21.4 Å². The van der Waals surface area contributed by atoms with E-state index in [1.807, 2.05) is 0 Å². The third kappa shape index (κ3) is 5.73. The Hall–Kier alpha value is -3.77. The number of hydrogen-bond donors (Lipinski definition) is 0. The second-order valence-corrected chi connectivity index (χ2v) is 12.2. The molecule has 5 rings (SSSR count). The topological polar surface area (TPSA) is 117 Å². The van der Waals surface area contributed by atoms with Gasteiger partial charge in [0, 0.05) is 36.1 Å². The summed E-state index contributed by atoms with van der Waals surface area (Å²) in [4.78, 5) is 30.6. The van der Waals surface area contributed by atoms with Crippen molar-refractivity contribution in [2.45, 2.75) is 39.2 Å². The highest BCUT2D eigenvalue weighted by Crippen LogP contribution is 2.30. The summed E-state index contributed by atoms with van der Waals surface area (Å²) in [6.07, 6.45) is 5.03. The van der Waals surface area contributed by atoms with Crippen LogP contribution in [0.1, 0.15) is 41.5 Å². The highest BCUT2D eigenvalue weighted by atomic mass is 35.5. The molecular formula is C27H24ClF2N5O4S. The van der Waals surface area contributed by atoms with E-state index in [2.05, 4.69) is 19.9 Å². The van der Waals surface area contributed by atoms with Crippen LogP contribution >= 0.6 is 11.6 Å². The van der Waals surface area contributed by atoms with E-state index in [0.29, 0.717) is 53.1 Å². The molecule has 0 aromatic carbocycles. The standard InChI is InChI=1S/C27H24ClF2N5O4S/c1-15-12-32-21(20-3-6-31-26(34-20)17-4-7-40(37,38)8-5-17)11-23(15)35-16(2)9-24(25(28)27(35)36)39-14-22-19(30)10-18(29)13-33-22/h3,6,9-13,17H,4-5,7-8,14H2,1-2H3. The third-order valence-corrected chi connectivity index (χ3v) is 8.78. The molecule has 208 valence electrons. The number of sulfone groups is 1. The molecule has 0 unspecified atom stereocenters. The van der Waals surface area contributed by atoms with E-state index < -0.39 is 27.0 Å². The average Bonchev–Trinajstić information content (AvgIpc) is 2.92. The molecule has 13 heteroatoms. The van der Waals surface area contributed by atoms with Gasteiger partial charge in [0.05, 0.1) is 34.8 Å². The quantitative estimate of drug-likeness (QED) is 0.324. The molecule has 0 radical (unpaired) electrons. The highest BCUT2D eigenvalue weighted by molar-refractivity contribution is 7.91. The van der Waals surface area contributed by atoms with Crippen molar-refractivity contribution in [2.75, 3.05) is 11.5 Å². The Bertz CT molecular complexity index is 1770. The van der Waals surface area contributed by atoms with Gasteiger partial charge in [-0.15, -0.1) is 0 Å². The predicted octanol–water partition coefficient (Wildman–Crippen LogP) is 4.50. The van der Waals surface area contributed by atoms with Crippen molar-refractivity contribution in [1.82, 2.24) is 24.5 Å². The monoisotopic (exact) mass is 587 g/mol. The molecule has 0 N–H and O–H groups in total. The van der Waals surface area contributed by atoms with Crippen LogP contribution in [0.3, 0.4) is 0 Å². The van der Waals surface area contributed by atoms with Gasteiger partial charge < -0.3 is 4.74 Å². The second kappa shape index (κ2) is 11.0. The number of aromatic nitrogens is 5. The van der Waals surface area contributed by atoms with E-state index in [-0.39, 0.29) is 40.5 Å². The molecule has 0 bridgehead atoms. The molecule has 0 amide bonds. The average molecular weight is 588 g/mol. The molecule has 9 nitrogen and oxygen atoms in total. The zero-order valence-corrected chi connectivity index (χ0v) is 23.1. The van der Waals surface area contributed by atoms with Crippen molar-refractivity contribution in [3.05, 3.63) is 92.6 Å². The third-order valence-electron chi connectivity index (χ3n) is 6.72. The van der Waals surface area contributed by atoms with Crippen molar-refractivity contribution in [2.24, 2.45) is 0 Å². The van der Waals surface area contributed by atoms with Gasteiger partial charge in [-0.25, -0.2) is 27.2 Å². The number of aryl methyl sites for hydroxylation is 2. The Morgan fingerprint density at radius 3 is 2.52 bits per heavy atom. The zero-order chi connectivity index (χ0) is 28.6. The smallest absolute Gasteiger partial charge is 0.277 e. The van der Waals surface area contributed by atoms with Crippen LogP contribution < -0.4 is 10.3 Å². The Morgan fingerprint density at radius 2 is 1.80 bits per heavy atom. The number of ether oxygens (including phenoxy) is 1. The molecule has 0 saturated carbocycles. The van der Waals surface area contributed by atoms with E-state index >= 15 is 0 Å². The van der Waals surface area contributed by atoms with Crippen molar-refractivity contribution in [1.29, 1.82) is 0 Å². The number of pyridine rings is 3. The fourth-order valence-corrected chi connectivity index (χ4v) is 6.22. The van der Waals surface area contributed by atoms with Gasteiger partial charge in [-0.05, 0) is 44.4 Å². The molecule has 1 saturated heterocycles. The van der Waals surface area contributed by atoms with Crippen molar-refractivity contribution < 1.29 is 21.9 Å². The summed E-state index contributed by atoms with van der Waals surface area (Å²) < 4.78 is 57.7. The van der Waals surface area contributed by atoms with Crippen LogP contribution in [0, 0.1) is 25.5 Å². The van der Waals surface area contributed by atoms with E-state index in [9.17, 15) is 22.0 Å². The Balaban J connectivity index is 1.45. The molecule has 1 aliphatic rings. The maximum absolute atomic E-state index is 14.0. The van der Waals surface area contributed by atoms with E-state index in [1.54, 1.807) is 44.4 Å². The van der Waals surface area contributed by atoms with Gasteiger partial charge in [0.25, 0.3) is 5.56 Å². The van der Waals surface area contributed by atoms with E-state index in [0.717, 1.165) is 6.20 Å². The van der Waals surface area contributed by atoms with Gasteiger partial charge in [0.15, 0.2) is 5.82 Å². The first-order chi connectivity index (χ1) is 19.0. The van der Waals surface area contributed by atoms with E-state index in [4.69, 9.17) is 16.3 Å². The second-order valence-electron chi connectivity index (χ2n) is 9.56. The Kier molecular flexibility index (Phi) is 7.65. The fraction of sp³-hybridized carbons (Fsp3) is 0.296. The van der Waals surface area contributed by atoms with Crippen LogP contribution in [0.2, 0.25) is 5.02 Å². The first kappa shape index (κ1) is 27.8. The molecular weight excluding hydrogens is 564 g/mol. The normalized spacial score (nSPS) is 15.2. The molecule has 40 heavy (non-hydrogen) atoms. The summed E-state index contributed by atoms with van der Waals surface area (Å²) in [6, 6.07) is 5.66. The van der Waals surface area contributed by atoms with Gasteiger partial charge in [0.2, 0.25) is 0 Å². The highest BCUT2D eigenvalue weighted by Gasteiger charge is 2.27. The summed E-state index contributed by atoms with van der Waals surface area (Å²) >= 11 is 6.38. The Morgan fingerprint density at radius 1 is 1.05 bits per heavy atom. The molecule has 4 aromatic rings. The van der Waals surface area contributed by atoms with Crippen LogP contribution in [0.5, 0.6) is 5.75 Å². The minimum atomic E-state index is -3.02. The van der Waals surface area contributed by atoms with Gasteiger partial charge in [-0.3, -0.25) is 19.3 Å². The van der Waals surface area contributed by atoms with Gasteiger partial charge in [-0.1, -0.05) is 11.6 Å². The zero-order valence-electron chi connectivity index (χ0n) is 21.6. The minimum Gasteiger partial charge on any atom is -0.485 e. The number of hydrogen-bond acceptors (Lipinski definition) is 8. The van der Waals surface area contributed by atoms with Gasteiger partial charge in [0.1, 0.15) is 44.6 Å². The molecule has 0 aliphatic carbocycles. The maximum atomic E-state index is 14.0. The lowest BCUT2D eigenvalue weighted by atomic mass is 10.0. The van der Waals surface area contributed by atoms with E-state index in [1.165, 1.54) is 4.57 Å². The van der Waals surface area contributed by atoms with Crippen molar-refractivity contribution in [3.8, 4) is 22.8 Å². The van der Waals surface area contributed by atoms with Gasteiger partial charge >= 0.3 is 0 Å². The number of nitrogens with zero attached hydrogens (tertiary/aromatic N) is 5. The summed E-state index contributed by atoms with van der Waals surface area (Å²) in [6.45, 7) is 3.14. The molecule has 0 spiro atoms. The lowest BCUT2D eigenvalue weighted by Crippen LogP contribution is -2.23. The molecule has 5 heterocycles. The number of halogens is 3. The molecule has 1 aliphatic heterocycles. The predicted molar refractivity (Wildman–Crippen MR) is 144 cm³/mol. The van der Waals surface area contributed by atoms with Crippen LogP contribution in [0.15, 0.2) is 47.7 Å². The fourth-order valence-electron chi connectivity index (χ4n) is 4.54. The van der Waals surface area contributed by atoms with Crippen LogP contribution in [0.4, 0.5) is 8.78 Å². The maximum Gasteiger partial charge on any atom is 0.277 e. The Labute approximate surface area is 233 Å². The first-order valence-electron chi connectivity index (χ1n) is 12.4. The van der Waals surface area contributed by atoms with Crippen LogP contribution in [0.25, 0.3) is 17.1 Å². The summed E-state index contributed by atoms with van der Waals surface area (Å²) in [5.41, 5.74) is 2.05. The van der Waals surface area contributed by atoms with Crippen molar-refractivity contribution in [3.63, 3.8) is 0 Å². The molecule has 0 atom stereocenters. The lowest BCUT2D eigenvalue weighted by molar-refractivity contribution is 0.292. The van der Waals surface area contributed by atoms with Crippen LogP contribution in [-0.4, -0.2) is 44.4 Å². The summed E-state index contributed by atoms with van der Waals surface area (Å²) in [5.74, 6) is -0.945. The van der Waals surface area contributed by atoms with Gasteiger partial charge in [-0.2, -0.15) is 0 Å². The summed E-state index contributed by atoms with van der Waals surface area (Å²) in [5, 5.41) is -0.220. The molecule has 1 fully saturated rings. The minimum absolute atomic E-state index is 0.0350. The first-order valence-corrected chi connectivity index (χ1v) is 14.6. The lowest BCUT2D eigenvalue weighted by Gasteiger charge is -2.21. The largest absolute Gasteiger partial charge is 0.485 e. The van der Waals surface area contributed by atoms with Crippen LogP contribution in [-0.2, 0) is 16.4 Å².